The molecule has 0 amide bonds. The van der Waals surface area contributed by atoms with Crippen molar-refractivity contribution in [2.45, 2.75) is 19.3 Å². The van der Waals surface area contributed by atoms with Gasteiger partial charge in [0.2, 0.25) is 0 Å². The van der Waals surface area contributed by atoms with Gasteiger partial charge in [-0.2, -0.15) is 0 Å². The lowest BCUT2D eigenvalue weighted by atomic mass is 9.87. The van der Waals surface area contributed by atoms with E-state index in [1.54, 1.807) is 0 Å². The molecule has 2 unspecified atom stereocenters. The first kappa shape index (κ1) is 15.8. The zero-order chi connectivity index (χ0) is 15.0. The molecule has 3 nitrogen and oxygen atoms in total. The second-order valence-corrected chi connectivity index (χ2v) is 9.73. The van der Waals surface area contributed by atoms with Crippen molar-refractivity contribution in [1.29, 1.82) is 0 Å². The van der Waals surface area contributed by atoms with Gasteiger partial charge in [-0.05, 0) is 47.9 Å². The summed E-state index contributed by atoms with van der Waals surface area (Å²) in [6.45, 7) is 0.746. The molecule has 0 bridgehead atoms. The van der Waals surface area contributed by atoms with Gasteiger partial charge in [0.25, 0.3) is 0 Å². The van der Waals surface area contributed by atoms with E-state index in [0.29, 0.717) is 17.4 Å². The number of alkyl halides is 1. The van der Waals surface area contributed by atoms with E-state index >= 15 is 0 Å². The third-order valence-corrected chi connectivity index (χ3v) is 7.52. The van der Waals surface area contributed by atoms with Crippen LogP contribution >= 0.6 is 31.9 Å². The molecular formula is C15H18Br2O3S. The number of hydrogen-bond donors (Lipinski definition) is 0. The van der Waals surface area contributed by atoms with Gasteiger partial charge in [0.1, 0.15) is 5.75 Å². The third-order valence-electron chi connectivity index (χ3n) is 4.44. The maximum Gasteiger partial charge on any atom is 0.150 e. The van der Waals surface area contributed by atoms with E-state index in [1.165, 1.54) is 11.1 Å². The van der Waals surface area contributed by atoms with Gasteiger partial charge < -0.3 is 4.74 Å². The van der Waals surface area contributed by atoms with Crippen molar-refractivity contribution in [1.82, 2.24) is 0 Å². The van der Waals surface area contributed by atoms with Crippen LogP contribution in [0.2, 0.25) is 0 Å². The molecule has 0 aliphatic carbocycles. The maximum absolute atomic E-state index is 11.7. The van der Waals surface area contributed by atoms with Gasteiger partial charge in [0, 0.05) is 16.2 Å². The zero-order valence-electron chi connectivity index (χ0n) is 11.6. The van der Waals surface area contributed by atoms with E-state index in [1.807, 2.05) is 0 Å². The Morgan fingerprint density at radius 2 is 2.19 bits per heavy atom. The fraction of sp³-hybridized carbons (Fsp3) is 0.600. The van der Waals surface area contributed by atoms with Gasteiger partial charge in [-0.3, -0.25) is 0 Å². The SMILES string of the molecule is O=S1(=O)CCC(C(CBr)Cc2cc(Br)cc3c2OCC3)C1. The molecule has 2 aliphatic rings. The number of benzene rings is 1. The lowest BCUT2D eigenvalue weighted by Crippen LogP contribution is -2.20. The second kappa shape index (κ2) is 6.20. The van der Waals surface area contributed by atoms with Crippen molar-refractivity contribution >= 4 is 41.7 Å². The Balaban J connectivity index is 1.82. The predicted octanol–water partition coefficient (Wildman–Crippen LogP) is 3.37. The van der Waals surface area contributed by atoms with E-state index in [9.17, 15) is 8.42 Å². The summed E-state index contributed by atoms with van der Waals surface area (Å²) in [5.74, 6) is 2.29. The van der Waals surface area contributed by atoms with E-state index < -0.39 is 9.84 Å². The summed E-state index contributed by atoms with van der Waals surface area (Å²) >= 11 is 7.14. The van der Waals surface area contributed by atoms with Crippen LogP contribution in [0.1, 0.15) is 17.5 Å². The molecule has 1 aromatic carbocycles. The number of halogens is 2. The van der Waals surface area contributed by atoms with Crippen molar-refractivity contribution in [3.8, 4) is 5.75 Å². The fourth-order valence-electron chi connectivity index (χ4n) is 3.32. The Hall–Kier alpha value is -0.0700. The monoisotopic (exact) mass is 436 g/mol. The molecule has 21 heavy (non-hydrogen) atoms. The van der Waals surface area contributed by atoms with E-state index in [-0.39, 0.29) is 5.92 Å². The van der Waals surface area contributed by atoms with Crippen LogP contribution < -0.4 is 4.74 Å². The average molecular weight is 438 g/mol. The van der Waals surface area contributed by atoms with Crippen molar-refractivity contribution < 1.29 is 13.2 Å². The Kier molecular flexibility index (Phi) is 4.67. The first-order valence-electron chi connectivity index (χ1n) is 7.19. The summed E-state index contributed by atoms with van der Waals surface area (Å²) in [4.78, 5) is 0. The molecule has 3 rings (SSSR count). The molecule has 2 aliphatic heterocycles. The molecule has 2 atom stereocenters. The highest BCUT2D eigenvalue weighted by Gasteiger charge is 2.34. The maximum atomic E-state index is 11.7. The molecule has 2 heterocycles. The Morgan fingerprint density at radius 1 is 1.38 bits per heavy atom. The molecule has 0 aromatic heterocycles. The summed E-state index contributed by atoms with van der Waals surface area (Å²) in [7, 11) is -2.82. The van der Waals surface area contributed by atoms with E-state index in [4.69, 9.17) is 4.74 Å². The minimum absolute atomic E-state index is 0.255. The van der Waals surface area contributed by atoms with Gasteiger partial charge in [-0.1, -0.05) is 31.9 Å². The summed E-state index contributed by atoms with van der Waals surface area (Å²) in [5, 5.41) is 0.828. The second-order valence-electron chi connectivity index (χ2n) is 5.93. The highest BCUT2D eigenvalue weighted by atomic mass is 79.9. The lowest BCUT2D eigenvalue weighted by Gasteiger charge is -2.21. The predicted molar refractivity (Wildman–Crippen MR) is 91.1 cm³/mol. The Labute approximate surface area is 142 Å². The molecule has 0 spiro atoms. The van der Waals surface area contributed by atoms with Crippen LogP contribution in [0.15, 0.2) is 16.6 Å². The molecule has 116 valence electrons. The first-order valence-corrected chi connectivity index (χ1v) is 10.9. The molecule has 0 radical (unpaired) electrons. The van der Waals surface area contributed by atoms with Crippen molar-refractivity contribution in [3.05, 3.63) is 27.7 Å². The summed E-state index contributed by atoms with van der Waals surface area (Å²) in [6.07, 6.45) is 2.61. The number of sulfone groups is 1. The summed E-state index contributed by atoms with van der Waals surface area (Å²) < 4.78 is 30.3. The quantitative estimate of drug-likeness (QED) is 0.678. The third kappa shape index (κ3) is 3.48. The van der Waals surface area contributed by atoms with Crippen LogP contribution in [0.25, 0.3) is 0 Å². The largest absolute Gasteiger partial charge is 0.493 e. The molecule has 1 aromatic rings. The molecular weight excluding hydrogens is 420 g/mol. The van der Waals surface area contributed by atoms with Crippen LogP contribution in [0.4, 0.5) is 0 Å². The van der Waals surface area contributed by atoms with Gasteiger partial charge in [0.05, 0.1) is 18.1 Å². The zero-order valence-corrected chi connectivity index (χ0v) is 15.6. The number of fused-ring (bicyclic) bond motifs is 1. The molecule has 6 heteroatoms. The Bertz CT molecular complexity index is 643. The highest BCUT2D eigenvalue weighted by Crippen LogP contribution is 2.37. The summed E-state index contributed by atoms with van der Waals surface area (Å²) in [5.41, 5.74) is 2.46. The minimum Gasteiger partial charge on any atom is -0.493 e. The smallest absolute Gasteiger partial charge is 0.150 e. The van der Waals surface area contributed by atoms with Crippen molar-refractivity contribution in [3.63, 3.8) is 0 Å². The first-order chi connectivity index (χ1) is 9.98. The van der Waals surface area contributed by atoms with E-state index in [0.717, 1.165) is 41.4 Å². The van der Waals surface area contributed by atoms with Crippen molar-refractivity contribution in [2.75, 3.05) is 23.4 Å². The standard InChI is InChI=1S/C15H18Br2O3S/c16-8-13(11-2-4-21(18,19)9-11)5-12-7-14(17)6-10-1-3-20-15(10)12/h6-7,11,13H,1-5,8-9H2. The Morgan fingerprint density at radius 3 is 2.86 bits per heavy atom. The van der Waals surface area contributed by atoms with Crippen LogP contribution in [0.5, 0.6) is 5.75 Å². The van der Waals surface area contributed by atoms with Crippen molar-refractivity contribution in [2.24, 2.45) is 11.8 Å². The summed E-state index contributed by atoms with van der Waals surface area (Å²) in [6, 6.07) is 4.23. The van der Waals surface area contributed by atoms with E-state index in [2.05, 4.69) is 44.0 Å². The number of ether oxygens (including phenoxy) is 1. The van der Waals surface area contributed by atoms with Gasteiger partial charge in [-0.15, -0.1) is 0 Å². The van der Waals surface area contributed by atoms with Gasteiger partial charge >= 0.3 is 0 Å². The van der Waals surface area contributed by atoms with Crippen LogP contribution in [0, 0.1) is 11.8 Å². The molecule has 0 N–H and O–H groups in total. The van der Waals surface area contributed by atoms with Crippen LogP contribution in [-0.2, 0) is 22.7 Å². The van der Waals surface area contributed by atoms with Crippen LogP contribution in [0.3, 0.4) is 0 Å². The minimum atomic E-state index is -2.82. The van der Waals surface area contributed by atoms with Gasteiger partial charge in [-0.25, -0.2) is 8.42 Å². The average Bonchev–Trinajstić information content (AvgIpc) is 3.01. The number of rotatable bonds is 4. The molecule has 1 fully saturated rings. The fourth-order valence-corrected chi connectivity index (χ4v) is 6.55. The number of hydrogen-bond acceptors (Lipinski definition) is 3. The highest BCUT2D eigenvalue weighted by molar-refractivity contribution is 9.10. The normalized spacial score (nSPS) is 24.6. The lowest BCUT2D eigenvalue weighted by molar-refractivity contribution is 0.345. The topological polar surface area (TPSA) is 43.4 Å². The molecule has 0 saturated carbocycles. The van der Waals surface area contributed by atoms with Gasteiger partial charge in [0.15, 0.2) is 9.84 Å². The van der Waals surface area contributed by atoms with Crippen LogP contribution in [-0.4, -0.2) is 31.9 Å². The molecule has 1 saturated heterocycles.